The number of ketones is 1. The van der Waals surface area contributed by atoms with Gasteiger partial charge in [0.25, 0.3) is 5.91 Å². The third kappa shape index (κ3) is 3.18. The number of benzene rings is 2. The number of hydrogen-bond donors (Lipinski definition) is 1. The summed E-state index contributed by atoms with van der Waals surface area (Å²) in [6.45, 7) is 1.75. The molecular formula is C22H22N2O4S. The van der Waals surface area contributed by atoms with Crippen LogP contribution in [-0.4, -0.2) is 61.7 Å². The first kappa shape index (κ1) is 18.5. The van der Waals surface area contributed by atoms with E-state index in [4.69, 9.17) is 0 Å². The first-order valence-corrected chi connectivity index (χ1v) is 11.8. The Bertz CT molecular complexity index is 1120. The number of carbonyl (C=O) groups is 2. The van der Waals surface area contributed by atoms with Gasteiger partial charge in [0.15, 0.2) is 15.6 Å². The van der Waals surface area contributed by atoms with Gasteiger partial charge in [0.2, 0.25) is 0 Å². The maximum Gasteiger partial charge on any atom is 0.251 e. The number of carbonyl (C=O) groups excluding carboxylic acids is 2. The minimum Gasteiger partial charge on any atom is -0.347 e. The summed E-state index contributed by atoms with van der Waals surface area (Å²) in [4.78, 5) is 27.8. The summed E-state index contributed by atoms with van der Waals surface area (Å²) in [5, 5.41) is 2.93. The molecule has 2 aromatic carbocycles. The van der Waals surface area contributed by atoms with Crippen molar-refractivity contribution in [2.45, 2.75) is 24.9 Å². The second-order valence-corrected chi connectivity index (χ2v) is 10.3. The normalized spacial score (nSPS) is 25.0. The van der Waals surface area contributed by atoms with Crippen molar-refractivity contribution < 1.29 is 18.0 Å². The molecule has 2 heterocycles. The minimum atomic E-state index is -3.17. The maximum absolute atomic E-state index is 12.9. The summed E-state index contributed by atoms with van der Waals surface area (Å²) in [5.74, 6) is -0.350. The van der Waals surface area contributed by atoms with E-state index in [1.54, 1.807) is 24.3 Å². The van der Waals surface area contributed by atoms with Gasteiger partial charge in [-0.1, -0.05) is 30.3 Å². The van der Waals surface area contributed by atoms with Crippen LogP contribution in [-0.2, 0) is 9.84 Å². The van der Waals surface area contributed by atoms with Gasteiger partial charge in [-0.05, 0) is 49.2 Å². The number of sulfone groups is 1. The molecule has 7 heteroatoms. The fraction of sp³-hybridized carbons (Fsp3) is 0.364. The molecule has 2 atom stereocenters. The average molecular weight is 410 g/mol. The van der Waals surface area contributed by atoms with Crippen LogP contribution in [0.2, 0.25) is 0 Å². The highest BCUT2D eigenvalue weighted by atomic mass is 32.2. The number of nitrogens with zero attached hydrogens (tertiary/aromatic N) is 1. The first-order chi connectivity index (χ1) is 13.9. The highest BCUT2D eigenvalue weighted by Crippen LogP contribution is 2.36. The van der Waals surface area contributed by atoms with Crippen LogP contribution in [0.4, 0.5) is 0 Å². The van der Waals surface area contributed by atoms with Crippen molar-refractivity contribution in [3.63, 3.8) is 0 Å². The zero-order chi connectivity index (χ0) is 20.2. The van der Waals surface area contributed by atoms with E-state index in [0.717, 1.165) is 37.1 Å². The fourth-order valence-electron chi connectivity index (χ4n) is 4.82. The average Bonchev–Trinajstić information content (AvgIpc) is 3.40. The Morgan fingerprint density at radius 2 is 1.62 bits per heavy atom. The van der Waals surface area contributed by atoms with E-state index in [9.17, 15) is 18.0 Å². The molecule has 0 saturated carbocycles. The molecule has 0 bridgehead atoms. The van der Waals surface area contributed by atoms with Gasteiger partial charge in [0.1, 0.15) is 0 Å². The van der Waals surface area contributed by atoms with Crippen LogP contribution in [0.25, 0.3) is 11.1 Å². The van der Waals surface area contributed by atoms with E-state index in [2.05, 4.69) is 10.2 Å². The third-order valence-electron chi connectivity index (χ3n) is 6.24. The molecule has 0 aromatic heterocycles. The van der Waals surface area contributed by atoms with Crippen LogP contribution >= 0.6 is 0 Å². The van der Waals surface area contributed by atoms with Crippen molar-refractivity contribution in [3.8, 4) is 11.1 Å². The van der Waals surface area contributed by atoms with Crippen LogP contribution in [0.3, 0.4) is 0 Å². The van der Waals surface area contributed by atoms with E-state index < -0.39 is 15.9 Å². The molecule has 6 nitrogen and oxygen atoms in total. The zero-order valence-electron chi connectivity index (χ0n) is 15.9. The van der Waals surface area contributed by atoms with Crippen LogP contribution in [0.5, 0.6) is 0 Å². The summed E-state index contributed by atoms with van der Waals surface area (Å²) >= 11 is 0. The Kier molecular flexibility index (Phi) is 4.33. The summed E-state index contributed by atoms with van der Waals surface area (Å²) in [5.41, 5.74) is 3.27. The predicted octanol–water partition coefficient (Wildman–Crippen LogP) is 1.89. The molecule has 29 heavy (non-hydrogen) atoms. The van der Waals surface area contributed by atoms with E-state index in [1.807, 2.05) is 18.2 Å². The predicted molar refractivity (Wildman–Crippen MR) is 110 cm³/mol. The standard InChI is InChI=1S/C22H22N2O4S/c25-21-17-6-2-1-5-15(17)16-8-7-14(11-18(16)21)22(26)23-19-12-29(27,28)13-20(19)24-9-3-4-10-24/h1-2,5-8,11,19-20H,3-4,9-10,12-13H2,(H,23,26). The molecule has 3 aliphatic rings. The van der Waals surface area contributed by atoms with Crippen LogP contribution in [0.1, 0.15) is 39.1 Å². The maximum atomic E-state index is 12.9. The van der Waals surface area contributed by atoms with Gasteiger partial charge in [-0.2, -0.15) is 0 Å². The molecule has 2 aliphatic heterocycles. The lowest BCUT2D eigenvalue weighted by Crippen LogP contribution is -2.50. The summed E-state index contributed by atoms with van der Waals surface area (Å²) < 4.78 is 24.5. The van der Waals surface area contributed by atoms with Gasteiger partial charge in [-0.3, -0.25) is 14.5 Å². The molecule has 0 radical (unpaired) electrons. The molecule has 150 valence electrons. The van der Waals surface area contributed by atoms with Gasteiger partial charge in [-0.25, -0.2) is 8.42 Å². The van der Waals surface area contributed by atoms with E-state index >= 15 is 0 Å². The van der Waals surface area contributed by atoms with Gasteiger partial charge >= 0.3 is 0 Å². The smallest absolute Gasteiger partial charge is 0.251 e. The first-order valence-electron chi connectivity index (χ1n) is 9.96. The Labute approximate surface area is 169 Å². The van der Waals surface area contributed by atoms with Crippen molar-refractivity contribution in [2.24, 2.45) is 0 Å². The molecule has 0 spiro atoms. The molecule has 2 aromatic rings. The fourth-order valence-corrected chi connectivity index (χ4v) is 6.77. The largest absolute Gasteiger partial charge is 0.347 e. The van der Waals surface area contributed by atoms with Gasteiger partial charge in [0, 0.05) is 22.7 Å². The highest BCUT2D eigenvalue weighted by Gasteiger charge is 2.42. The third-order valence-corrected chi connectivity index (χ3v) is 7.95. The van der Waals surface area contributed by atoms with Crippen molar-refractivity contribution >= 4 is 21.5 Å². The number of fused-ring (bicyclic) bond motifs is 3. The molecule has 2 fully saturated rings. The molecule has 5 rings (SSSR count). The van der Waals surface area contributed by atoms with Crippen molar-refractivity contribution in [3.05, 3.63) is 59.2 Å². The van der Waals surface area contributed by atoms with Crippen molar-refractivity contribution in [2.75, 3.05) is 24.6 Å². The van der Waals surface area contributed by atoms with Crippen LogP contribution < -0.4 is 5.32 Å². The molecule has 1 N–H and O–H groups in total. The van der Waals surface area contributed by atoms with Crippen molar-refractivity contribution in [1.82, 2.24) is 10.2 Å². The zero-order valence-corrected chi connectivity index (χ0v) is 16.7. The van der Waals surface area contributed by atoms with Crippen LogP contribution in [0, 0.1) is 0 Å². The monoisotopic (exact) mass is 410 g/mol. The van der Waals surface area contributed by atoms with E-state index in [1.165, 1.54) is 0 Å². The Balaban J connectivity index is 1.40. The van der Waals surface area contributed by atoms with Crippen molar-refractivity contribution in [1.29, 1.82) is 0 Å². The molecule has 1 aliphatic carbocycles. The lowest BCUT2D eigenvalue weighted by molar-refractivity contribution is 0.0918. The Morgan fingerprint density at radius 3 is 2.38 bits per heavy atom. The number of nitrogens with one attached hydrogen (secondary N) is 1. The minimum absolute atomic E-state index is 0.0325. The number of likely N-dealkylation sites (tertiary alicyclic amines) is 1. The second kappa shape index (κ2) is 6.78. The number of amides is 1. The highest BCUT2D eigenvalue weighted by molar-refractivity contribution is 7.91. The van der Waals surface area contributed by atoms with Gasteiger partial charge in [0.05, 0.1) is 17.5 Å². The summed E-state index contributed by atoms with van der Waals surface area (Å²) in [6, 6.07) is 12.0. The molecular weight excluding hydrogens is 388 g/mol. The quantitative estimate of drug-likeness (QED) is 0.713. The molecule has 1 amide bonds. The molecule has 2 unspecified atom stereocenters. The second-order valence-electron chi connectivity index (χ2n) is 8.10. The number of hydrogen-bond acceptors (Lipinski definition) is 5. The summed E-state index contributed by atoms with van der Waals surface area (Å²) in [6.07, 6.45) is 2.12. The topological polar surface area (TPSA) is 83.6 Å². The van der Waals surface area contributed by atoms with Gasteiger partial charge in [-0.15, -0.1) is 0 Å². The van der Waals surface area contributed by atoms with Gasteiger partial charge < -0.3 is 5.32 Å². The van der Waals surface area contributed by atoms with E-state index in [0.29, 0.717) is 16.7 Å². The van der Waals surface area contributed by atoms with Crippen LogP contribution in [0.15, 0.2) is 42.5 Å². The Morgan fingerprint density at radius 1 is 0.931 bits per heavy atom. The van der Waals surface area contributed by atoms with E-state index in [-0.39, 0.29) is 29.2 Å². The summed E-state index contributed by atoms with van der Waals surface area (Å²) in [7, 11) is -3.17. The SMILES string of the molecule is O=C(NC1CS(=O)(=O)CC1N1CCCC1)c1ccc2c(c1)C(=O)c1ccccc1-2. The molecule has 2 saturated heterocycles. The Hall–Kier alpha value is -2.51. The number of rotatable bonds is 3. The lowest BCUT2D eigenvalue weighted by Gasteiger charge is -2.28. The lowest BCUT2D eigenvalue weighted by atomic mass is 10.0.